The van der Waals surface area contributed by atoms with Crippen LogP contribution in [0.5, 0.6) is 0 Å². The number of rotatable bonds is 4. The molecule has 0 aromatic carbocycles. The van der Waals surface area contributed by atoms with Crippen LogP contribution in [0.4, 0.5) is 11.5 Å². The number of nitro groups is 1. The third-order valence-corrected chi connectivity index (χ3v) is 2.86. The van der Waals surface area contributed by atoms with Gasteiger partial charge in [0.25, 0.3) is 0 Å². The summed E-state index contributed by atoms with van der Waals surface area (Å²) in [6.07, 6.45) is 1.22. The number of nitrogens with one attached hydrogen (secondary N) is 2. The topological polar surface area (TPSA) is 152 Å². The van der Waals surface area contributed by atoms with Crippen LogP contribution in [0, 0.1) is 10.1 Å². The van der Waals surface area contributed by atoms with Gasteiger partial charge >= 0.3 is 11.7 Å². The Labute approximate surface area is 117 Å². The quantitative estimate of drug-likeness (QED) is 0.395. The lowest BCUT2D eigenvalue weighted by Crippen LogP contribution is -2.47. The molecule has 21 heavy (non-hydrogen) atoms. The molecule has 0 bridgehead atoms. The van der Waals surface area contributed by atoms with Crippen LogP contribution in [0.25, 0.3) is 0 Å². The Morgan fingerprint density at radius 3 is 2.81 bits per heavy atom. The molecule has 2 heterocycles. The van der Waals surface area contributed by atoms with E-state index in [-0.39, 0.29) is 24.2 Å². The number of hydrogen-bond acceptors (Lipinski definition) is 7. The molecule has 1 unspecified atom stereocenters. The molecule has 3 N–H and O–H groups in total. The minimum absolute atomic E-state index is 0.102. The van der Waals surface area contributed by atoms with E-state index in [1.54, 1.807) is 0 Å². The van der Waals surface area contributed by atoms with E-state index in [4.69, 9.17) is 5.11 Å². The SMILES string of the molecule is O=C1CCC(Nc2ncc(C(=O)O)cc2[N+](=O)[O-])C(=O)N1. The Balaban J connectivity index is 2.27. The normalized spacial score (nSPS) is 18.0. The van der Waals surface area contributed by atoms with Gasteiger partial charge in [0.2, 0.25) is 17.6 Å². The van der Waals surface area contributed by atoms with Crippen LogP contribution in [0.15, 0.2) is 12.3 Å². The summed E-state index contributed by atoms with van der Waals surface area (Å²) < 4.78 is 0. The van der Waals surface area contributed by atoms with Gasteiger partial charge in [0.1, 0.15) is 6.04 Å². The van der Waals surface area contributed by atoms with Gasteiger partial charge < -0.3 is 10.4 Å². The second-order valence-electron chi connectivity index (χ2n) is 4.30. The number of anilines is 1. The molecule has 1 aliphatic rings. The monoisotopic (exact) mass is 294 g/mol. The molecule has 0 spiro atoms. The Morgan fingerprint density at radius 1 is 1.52 bits per heavy atom. The lowest BCUT2D eigenvalue weighted by molar-refractivity contribution is -0.384. The maximum Gasteiger partial charge on any atom is 0.337 e. The average molecular weight is 294 g/mol. The maximum atomic E-state index is 11.6. The fourth-order valence-corrected chi connectivity index (χ4v) is 1.82. The predicted molar refractivity (Wildman–Crippen MR) is 67.6 cm³/mol. The van der Waals surface area contributed by atoms with E-state index in [0.717, 1.165) is 12.3 Å². The fourth-order valence-electron chi connectivity index (χ4n) is 1.82. The van der Waals surface area contributed by atoms with Crippen molar-refractivity contribution in [2.75, 3.05) is 5.32 Å². The minimum Gasteiger partial charge on any atom is -0.478 e. The highest BCUT2D eigenvalue weighted by atomic mass is 16.6. The summed E-state index contributed by atoms with van der Waals surface area (Å²) in [7, 11) is 0. The van der Waals surface area contributed by atoms with Crippen LogP contribution in [0.2, 0.25) is 0 Å². The summed E-state index contributed by atoms with van der Waals surface area (Å²) in [4.78, 5) is 47.2. The molecule has 0 aliphatic carbocycles. The summed E-state index contributed by atoms with van der Waals surface area (Å²) >= 11 is 0. The molecule has 0 radical (unpaired) electrons. The van der Waals surface area contributed by atoms with Crippen molar-refractivity contribution in [1.82, 2.24) is 10.3 Å². The molecule has 1 aromatic heterocycles. The summed E-state index contributed by atoms with van der Waals surface area (Å²) in [5.74, 6) is -2.59. The van der Waals surface area contributed by atoms with E-state index < -0.39 is 34.4 Å². The summed E-state index contributed by atoms with van der Waals surface area (Å²) in [6.45, 7) is 0. The van der Waals surface area contributed by atoms with Crippen molar-refractivity contribution >= 4 is 29.3 Å². The van der Waals surface area contributed by atoms with Gasteiger partial charge in [0, 0.05) is 18.7 Å². The molecular formula is C11H10N4O6. The van der Waals surface area contributed by atoms with Crippen molar-refractivity contribution in [3.05, 3.63) is 27.9 Å². The summed E-state index contributed by atoms with van der Waals surface area (Å²) in [5, 5.41) is 24.4. The molecule has 0 saturated carbocycles. The molecule has 1 fully saturated rings. The molecule has 1 aromatic rings. The van der Waals surface area contributed by atoms with Crippen molar-refractivity contribution in [2.24, 2.45) is 0 Å². The third-order valence-electron chi connectivity index (χ3n) is 2.86. The number of aromatic nitrogens is 1. The van der Waals surface area contributed by atoms with Crippen LogP contribution in [0.1, 0.15) is 23.2 Å². The van der Waals surface area contributed by atoms with Crippen LogP contribution >= 0.6 is 0 Å². The Kier molecular flexibility index (Phi) is 3.78. The largest absolute Gasteiger partial charge is 0.478 e. The number of pyridine rings is 1. The van der Waals surface area contributed by atoms with Crippen LogP contribution in [0.3, 0.4) is 0 Å². The van der Waals surface area contributed by atoms with Crippen LogP contribution < -0.4 is 10.6 Å². The van der Waals surface area contributed by atoms with E-state index in [2.05, 4.69) is 15.6 Å². The second kappa shape index (κ2) is 5.53. The second-order valence-corrected chi connectivity index (χ2v) is 4.30. The molecule has 10 nitrogen and oxygen atoms in total. The highest BCUT2D eigenvalue weighted by Crippen LogP contribution is 2.24. The van der Waals surface area contributed by atoms with E-state index in [1.165, 1.54) is 0 Å². The fraction of sp³-hybridized carbons (Fsp3) is 0.273. The number of hydrogen-bond donors (Lipinski definition) is 3. The number of carboxylic acids is 1. The van der Waals surface area contributed by atoms with Gasteiger partial charge in [-0.25, -0.2) is 9.78 Å². The van der Waals surface area contributed by atoms with Gasteiger partial charge in [0.15, 0.2) is 0 Å². The van der Waals surface area contributed by atoms with E-state index >= 15 is 0 Å². The van der Waals surface area contributed by atoms with Crippen LogP contribution in [-0.4, -0.2) is 38.8 Å². The van der Waals surface area contributed by atoms with Gasteiger partial charge in [-0.3, -0.25) is 25.0 Å². The third kappa shape index (κ3) is 3.11. The summed E-state index contributed by atoms with van der Waals surface area (Å²) in [6, 6.07) is 0.00776. The Hall–Kier alpha value is -3.04. The number of carboxylic acid groups (broad SMARTS) is 1. The number of nitrogens with zero attached hydrogens (tertiary/aromatic N) is 2. The number of carbonyl (C=O) groups excluding carboxylic acids is 2. The highest BCUT2D eigenvalue weighted by molar-refractivity contribution is 6.01. The van der Waals surface area contributed by atoms with E-state index in [9.17, 15) is 24.5 Å². The Bertz CT molecular complexity index is 644. The molecule has 1 atom stereocenters. The van der Waals surface area contributed by atoms with Gasteiger partial charge in [-0.2, -0.15) is 0 Å². The number of piperidine rings is 1. The van der Waals surface area contributed by atoms with Crippen molar-refractivity contribution in [2.45, 2.75) is 18.9 Å². The predicted octanol–water partition coefficient (Wildman–Crippen LogP) is -0.0949. The zero-order valence-electron chi connectivity index (χ0n) is 10.5. The molecule has 1 saturated heterocycles. The van der Waals surface area contributed by atoms with Gasteiger partial charge in [-0.05, 0) is 6.42 Å². The van der Waals surface area contributed by atoms with Gasteiger partial charge in [-0.15, -0.1) is 0 Å². The Morgan fingerprint density at radius 2 is 2.24 bits per heavy atom. The first kappa shape index (κ1) is 14.4. The molecule has 1 aliphatic heterocycles. The number of carbonyl (C=O) groups is 3. The zero-order chi connectivity index (χ0) is 15.6. The molecule has 10 heteroatoms. The first-order valence-electron chi connectivity index (χ1n) is 5.86. The van der Waals surface area contributed by atoms with Crippen molar-refractivity contribution in [3.8, 4) is 0 Å². The standard InChI is InChI=1S/C11H10N4O6/c16-8-2-1-6(10(17)14-8)13-9-7(15(20)21)3-5(4-12-9)11(18)19/h3-4,6H,1-2H2,(H,12,13)(H,18,19)(H,14,16,17). The van der Waals surface area contributed by atoms with Gasteiger partial charge in [0.05, 0.1) is 10.5 Å². The first-order valence-corrected chi connectivity index (χ1v) is 5.86. The average Bonchev–Trinajstić information content (AvgIpc) is 2.41. The number of imide groups is 1. The smallest absolute Gasteiger partial charge is 0.337 e. The molecule has 2 amide bonds. The first-order chi connectivity index (χ1) is 9.88. The van der Waals surface area contributed by atoms with Crippen LogP contribution in [-0.2, 0) is 9.59 Å². The highest BCUT2D eigenvalue weighted by Gasteiger charge is 2.29. The number of amides is 2. The number of aromatic carboxylic acids is 1. The lowest BCUT2D eigenvalue weighted by Gasteiger charge is -2.22. The van der Waals surface area contributed by atoms with Gasteiger partial charge in [-0.1, -0.05) is 0 Å². The minimum atomic E-state index is -1.35. The molecular weight excluding hydrogens is 284 g/mol. The zero-order valence-corrected chi connectivity index (χ0v) is 10.5. The van der Waals surface area contributed by atoms with Crippen molar-refractivity contribution in [3.63, 3.8) is 0 Å². The lowest BCUT2D eigenvalue weighted by atomic mass is 10.1. The van der Waals surface area contributed by atoms with Crippen molar-refractivity contribution in [1.29, 1.82) is 0 Å². The van der Waals surface area contributed by atoms with E-state index in [1.807, 2.05) is 0 Å². The molecule has 110 valence electrons. The van der Waals surface area contributed by atoms with Crippen molar-refractivity contribution < 1.29 is 24.4 Å². The summed E-state index contributed by atoms with van der Waals surface area (Å²) in [5.41, 5.74) is -0.893. The van der Waals surface area contributed by atoms with E-state index in [0.29, 0.717) is 0 Å². The maximum absolute atomic E-state index is 11.6. The molecule has 2 rings (SSSR count).